The number of rotatable bonds is 4. The van der Waals surface area contributed by atoms with E-state index < -0.39 is 0 Å². The van der Waals surface area contributed by atoms with E-state index in [9.17, 15) is 4.79 Å². The molecule has 0 radical (unpaired) electrons. The molecule has 1 aromatic carbocycles. The van der Waals surface area contributed by atoms with Crippen molar-refractivity contribution < 1.29 is 9.53 Å². The number of hydrogen-bond acceptors (Lipinski definition) is 2. The summed E-state index contributed by atoms with van der Waals surface area (Å²) in [5.74, 6) is -0.137. The molecule has 0 aliphatic rings. The minimum absolute atomic E-state index is 0.0213. The van der Waals surface area contributed by atoms with Crippen LogP contribution in [0.25, 0.3) is 0 Å². The van der Waals surface area contributed by atoms with Gasteiger partial charge in [-0.05, 0) is 41.1 Å². The van der Waals surface area contributed by atoms with Crippen molar-refractivity contribution in [1.82, 2.24) is 5.32 Å². The Kier molecular flexibility index (Phi) is 5.25. The summed E-state index contributed by atoms with van der Waals surface area (Å²) in [5, 5.41) is 3.40. The Hall–Kier alpha value is -0.580. The number of hydrogen-bond donors (Lipinski definition) is 1. The standard InChI is InChI=1S/C11H13BrClNO2/c1-7(6-16-2)14-11(15)8-3-4-10(13)9(12)5-8/h3-5,7H,6H2,1-2H3,(H,14,15). The Morgan fingerprint density at radius 2 is 2.31 bits per heavy atom. The van der Waals surface area contributed by atoms with Crippen molar-refractivity contribution in [2.75, 3.05) is 13.7 Å². The highest BCUT2D eigenvalue weighted by Gasteiger charge is 2.10. The molecule has 5 heteroatoms. The molecular weight excluding hydrogens is 293 g/mol. The van der Waals surface area contributed by atoms with Gasteiger partial charge in [-0.25, -0.2) is 0 Å². The molecule has 1 amide bonds. The lowest BCUT2D eigenvalue weighted by Gasteiger charge is -2.12. The molecule has 0 saturated heterocycles. The summed E-state index contributed by atoms with van der Waals surface area (Å²) in [6.45, 7) is 2.37. The Balaban J connectivity index is 2.69. The molecule has 1 rings (SSSR count). The summed E-state index contributed by atoms with van der Waals surface area (Å²) in [5.41, 5.74) is 0.569. The maximum Gasteiger partial charge on any atom is 0.251 e. The normalized spacial score (nSPS) is 12.2. The fourth-order valence-electron chi connectivity index (χ4n) is 1.24. The molecule has 3 nitrogen and oxygen atoms in total. The van der Waals surface area contributed by atoms with Gasteiger partial charge in [0.05, 0.1) is 11.6 Å². The summed E-state index contributed by atoms with van der Waals surface area (Å²) in [7, 11) is 1.60. The zero-order chi connectivity index (χ0) is 12.1. The van der Waals surface area contributed by atoms with Crippen LogP contribution in [0.1, 0.15) is 17.3 Å². The average molecular weight is 307 g/mol. The maximum atomic E-state index is 11.8. The Morgan fingerprint density at radius 3 is 2.88 bits per heavy atom. The van der Waals surface area contributed by atoms with Gasteiger partial charge in [0.15, 0.2) is 0 Å². The highest BCUT2D eigenvalue weighted by Crippen LogP contribution is 2.23. The first-order valence-corrected chi connectivity index (χ1v) is 5.96. The van der Waals surface area contributed by atoms with Crippen LogP contribution in [0, 0.1) is 0 Å². The predicted molar refractivity (Wildman–Crippen MR) is 68.0 cm³/mol. The van der Waals surface area contributed by atoms with E-state index >= 15 is 0 Å². The Labute approximate surface area is 108 Å². The molecule has 0 aliphatic carbocycles. The van der Waals surface area contributed by atoms with Gasteiger partial charge in [0.1, 0.15) is 0 Å². The molecule has 0 heterocycles. The van der Waals surface area contributed by atoms with Crippen molar-refractivity contribution in [3.63, 3.8) is 0 Å². The van der Waals surface area contributed by atoms with Crippen LogP contribution >= 0.6 is 27.5 Å². The molecule has 0 fully saturated rings. The van der Waals surface area contributed by atoms with Gasteiger partial charge in [-0.1, -0.05) is 11.6 Å². The molecule has 0 spiro atoms. The third-order valence-corrected chi connectivity index (χ3v) is 3.19. The number of ether oxygens (including phenoxy) is 1. The van der Waals surface area contributed by atoms with E-state index in [1.54, 1.807) is 25.3 Å². The molecule has 16 heavy (non-hydrogen) atoms. The van der Waals surface area contributed by atoms with Crippen LogP contribution in [0.2, 0.25) is 5.02 Å². The summed E-state index contributed by atoms with van der Waals surface area (Å²) < 4.78 is 5.65. The van der Waals surface area contributed by atoms with Gasteiger partial charge in [0.25, 0.3) is 5.91 Å². The topological polar surface area (TPSA) is 38.3 Å². The summed E-state index contributed by atoms with van der Waals surface area (Å²) >= 11 is 9.12. The molecule has 1 aromatic rings. The van der Waals surface area contributed by atoms with Crippen molar-refractivity contribution in [1.29, 1.82) is 0 Å². The van der Waals surface area contributed by atoms with Crippen LogP contribution in [0.5, 0.6) is 0 Å². The lowest BCUT2D eigenvalue weighted by Crippen LogP contribution is -2.35. The van der Waals surface area contributed by atoms with Crippen LogP contribution in [0.4, 0.5) is 0 Å². The van der Waals surface area contributed by atoms with Crippen LogP contribution in [0.15, 0.2) is 22.7 Å². The van der Waals surface area contributed by atoms with Gasteiger partial charge in [-0.15, -0.1) is 0 Å². The molecule has 0 aliphatic heterocycles. The number of nitrogens with one attached hydrogen (secondary N) is 1. The lowest BCUT2D eigenvalue weighted by molar-refractivity contribution is 0.0905. The Bertz CT molecular complexity index is 384. The van der Waals surface area contributed by atoms with Crippen LogP contribution in [0.3, 0.4) is 0 Å². The van der Waals surface area contributed by atoms with E-state index in [1.807, 2.05) is 6.92 Å². The molecule has 88 valence electrons. The SMILES string of the molecule is COCC(C)NC(=O)c1ccc(Cl)c(Br)c1. The largest absolute Gasteiger partial charge is 0.383 e. The van der Waals surface area contributed by atoms with Crippen molar-refractivity contribution in [3.8, 4) is 0 Å². The fraction of sp³-hybridized carbons (Fsp3) is 0.364. The fourth-order valence-corrected chi connectivity index (χ4v) is 1.73. The van der Waals surface area contributed by atoms with Crippen LogP contribution < -0.4 is 5.32 Å². The second-order valence-electron chi connectivity index (χ2n) is 3.46. The first-order valence-electron chi connectivity index (χ1n) is 4.79. The van der Waals surface area contributed by atoms with Gasteiger partial charge in [-0.3, -0.25) is 4.79 Å². The average Bonchev–Trinajstić information content (AvgIpc) is 2.22. The molecule has 1 unspecified atom stereocenters. The molecule has 1 atom stereocenters. The van der Waals surface area contributed by atoms with E-state index in [0.717, 1.165) is 0 Å². The van der Waals surface area contributed by atoms with Crippen molar-refractivity contribution in [2.24, 2.45) is 0 Å². The maximum absolute atomic E-state index is 11.8. The van der Waals surface area contributed by atoms with Gasteiger partial charge in [-0.2, -0.15) is 0 Å². The third kappa shape index (κ3) is 3.77. The minimum Gasteiger partial charge on any atom is -0.383 e. The zero-order valence-corrected chi connectivity index (χ0v) is 11.4. The van der Waals surface area contributed by atoms with E-state index in [1.165, 1.54) is 0 Å². The molecule has 0 bridgehead atoms. The molecule has 0 aromatic heterocycles. The minimum atomic E-state index is -0.137. The van der Waals surface area contributed by atoms with E-state index in [2.05, 4.69) is 21.2 Å². The highest BCUT2D eigenvalue weighted by atomic mass is 79.9. The number of halogens is 2. The number of methoxy groups -OCH3 is 1. The van der Waals surface area contributed by atoms with Crippen molar-refractivity contribution in [2.45, 2.75) is 13.0 Å². The number of carbonyl (C=O) groups excluding carboxylic acids is 1. The number of carbonyl (C=O) groups is 1. The zero-order valence-electron chi connectivity index (χ0n) is 9.09. The van der Waals surface area contributed by atoms with Crippen molar-refractivity contribution in [3.05, 3.63) is 33.3 Å². The van der Waals surface area contributed by atoms with E-state index in [0.29, 0.717) is 21.7 Å². The molecule has 0 saturated carbocycles. The summed E-state index contributed by atoms with van der Waals surface area (Å²) in [6.07, 6.45) is 0. The quantitative estimate of drug-likeness (QED) is 0.929. The second kappa shape index (κ2) is 6.23. The lowest BCUT2D eigenvalue weighted by atomic mass is 10.2. The summed E-state index contributed by atoms with van der Waals surface area (Å²) in [6, 6.07) is 5.03. The van der Waals surface area contributed by atoms with E-state index in [-0.39, 0.29) is 11.9 Å². The second-order valence-corrected chi connectivity index (χ2v) is 4.72. The Morgan fingerprint density at radius 1 is 1.62 bits per heavy atom. The van der Waals surface area contributed by atoms with Gasteiger partial charge >= 0.3 is 0 Å². The predicted octanol–water partition coefficient (Wildman–Crippen LogP) is 2.87. The van der Waals surface area contributed by atoms with Crippen molar-refractivity contribution >= 4 is 33.4 Å². The first-order chi connectivity index (χ1) is 7.54. The molecule has 1 N–H and O–H groups in total. The molecular formula is C11H13BrClNO2. The van der Waals surface area contributed by atoms with Gasteiger partial charge < -0.3 is 10.1 Å². The number of amides is 1. The summed E-state index contributed by atoms with van der Waals surface area (Å²) in [4.78, 5) is 11.8. The van der Waals surface area contributed by atoms with Gasteiger partial charge in [0, 0.05) is 23.2 Å². The first kappa shape index (κ1) is 13.5. The third-order valence-electron chi connectivity index (χ3n) is 1.98. The highest BCUT2D eigenvalue weighted by molar-refractivity contribution is 9.10. The number of benzene rings is 1. The van der Waals surface area contributed by atoms with Gasteiger partial charge in [0.2, 0.25) is 0 Å². The monoisotopic (exact) mass is 305 g/mol. The van der Waals surface area contributed by atoms with E-state index in [4.69, 9.17) is 16.3 Å². The smallest absolute Gasteiger partial charge is 0.251 e. The van der Waals surface area contributed by atoms with Crippen LogP contribution in [-0.2, 0) is 4.74 Å². The van der Waals surface area contributed by atoms with Crippen LogP contribution in [-0.4, -0.2) is 25.7 Å².